The van der Waals surface area contributed by atoms with Crippen molar-refractivity contribution in [2.24, 2.45) is 0 Å². The van der Waals surface area contributed by atoms with Gasteiger partial charge >= 0.3 is 0 Å². The fourth-order valence-corrected chi connectivity index (χ4v) is 2.86. The maximum absolute atomic E-state index is 12.3. The number of hydrogen-bond donors (Lipinski definition) is 2. The summed E-state index contributed by atoms with van der Waals surface area (Å²) in [4.78, 5) is 4.25. The molecule has 0 atom stereocenters. The van der Waals surface area contributed by atoms with Gasteiger partial charge in [0.05, 0.1) is 4.90 Å². The Hall–Kier alpha value is -1.79. The van der Waals surface area contributed by atoms with Crippen molar-refractivity contribution in [2.75, 3.05) is 16.6 Å². The van der Waals surface area contributed by atoms with E-state index in [-0.39, 0.29) is 4.90 Å². The van der Waals surface area contributed by atoms with Crippen LogP contribution in [0, 0.1) is 0 Å². The first-order chi connectivity index (χ1) is 10.0. The first-order valence-electron chi connectivity index (χ1n) is 6.49. The summed E-state index contributed by atoms with van der Waals surface area (Å²) in [6.45, 7) is 2.76. The Morgan fingerprint density at radius 2 is 1.90 bits per heavy atom. The Kier molecular flexibility index (Phi) is 5.03. The normalized spacial score (nSPS) is 11.1. The third-order valence-corrected chi connectivity index (χ3v) is 4.33. The maximum Gasteiger partial charge on any atom is 0.262 e. The minimum absolute atomic E-state index is 0.158. The molecule has 2 rings (SSSR count). The van der Waals surface area contributed by atoms with Crippen molar-refractivity contribution in [1.82, 2.24) is 4.98 Å². The molecule has 2 N–H and O–H groups in total. The molecule has 0 aliphatic heterocycles. The zero-order valence-electron chi connectivity index (χ0n) is 11.5. The van der Waals surface area contributed by atoms with Crippen molar-refractivity contribution < 1.29 is 8.42 Å². The highest BCUT2D eigenvalue weighted by Gasteiger charge is 2.15. The van der Waals surface area contributed by atoms with Crippen molar-refractivity contribution in [3.8, 4) is 0 Å². The number of aromatic nitrogens is 1. The second-order valence-electron chi connectivity index (χ2n) is 4.42. The Morgan fingerprint density at radius 3 is 2.57 bits per heavy atom. The van der Waals surface area contributed by atoms with E-state index in [0.717, 1.165) is 13.0 Å². The van der Waals surface area contributed by atoms with E-state index >= 15 is 0 Å². The summed E-state index contributed by atoms with van der Waals surface area (Å²) in [5, 5.41) is 3.61. The number of rotatable bonds is 6. The first-order valence-corrected chi connectivity index (χ1v) is 8.35. The third-order valence-electron chi connectivity index (χ3n) is 2.69. The summed E-state index contributed by atoms with van der Waals surface area (Å²) in [6, 6.07) is 9.43. The molecular weight excluding hydrogens is 310 g/mol. The van der Waals surface area contributed by atoms with Gasteiger partial charge in [-0.05, 0) is 36.8 Å². The lowest BCUT2D eigenvalue weighted by Crippen LogP contribution is -2.13. The molecule has 0 aliphatic rings. The van der Waals surface area contributed by atoms with Crippen LogP contribution < -0.4 is 10.0 Å². The molecule has 7 heteroatoms. The highest BCUT2D eigenvalue weighted by Crippen LogP contribution is 2.19. The predicted molar refractivity (Wildman–Crippen MR) is 85.3 cm³/mol. The molecule has 1 aromatic heterocycles. The average Bonchev–Trinajstić information content (AvgIpc) is 2.48. The Morgan fingerprint density at radius 1 is 1.19 bits per heavy atom. The molecule has 112 valence electrons. The smallest absolute Gasteiger partial charge is 0.262 e. The molecule has 1 heterocycles. The van der Waals surface area contributed by atoms with Crippen LogP contribution in [0.2, 0.25) is 5.02 Å². The molecular formula is C14H16ClN3O2S. The molecule has 0 saturated heterocycles. The quantitative estimate of drug-likeness (QED) is 0.854. The standard InChI is InChI=1S/C14H16ClN3O2S/c1-2-8-16-14-10-13(7-9-17-14)21(19,20)18-12-5-3-11(15)4-6-12/h3-7,9-10,18H,2,8H2,1H3,(H,16,17). The predicted octanol–water partition coefficient (Wildman–Crippen LogP) is 3.36. The number of nitrogens with one attached hydrogen (secondary N) is 2. The second kappa shape index (κ2) is 6.78. The SMILES string of the molecule is CCCNc1cc(S(=O)(=O)Nc2ccc(Cl)cc2)ccn1. The lowest BCUT2D eigenvalue weighted by atomic mass is 10.3. The van der Waals surface area contributed by atoms with Gasteiger partial charge in [-0.15, -0.1) is 0 Å². The zero-order valence-corrected chi connectivity index (χ0v) is 13.1. The van der Waals surface area contributed by atoms with E-state index in [4.69, 9.17) is 11.6 Å². The van der Waals surface area contributed by atoms with Crippen LogP contribution in [-0.4, -0.2) is 19.9 Å². The zero-order chi connectivity index (χ0) is 15.3. The van der Waals surface area contributed by atoms with Gasteiger partial charge in [0.25, 0.3) is 10.0 Å². The molecule has 5 nitrogen and oxygen atoms in total. The minimum atomic E-state index is -3.65. The summed E-state index contributed by atoms with van der Waals surface area (Å²) < 4.78 is 27.1. The van der Waals surface area contributed by atoms with Gasteiger partial charge < -0.3 is 5.32 Å². The van der Waals surface area contributed by atoms with Crippen molar-refractivity contribution in [2.45, 2.75) is 18.2 Å². The minimum Gasteiger partial charge on any atom is -0.370 e. The van der Waals surface area contributed by atoms with Crippen LogP contribution in [0.1, 0.15) is 13.3 Å². The lowest BCUT2D eigenvalue weighted by Gasteiger charge is -2.10. The number of pyridine rings is 1. The van der Waals surface area contributed by atoms with Gasteiger partial charge in [-0.25, -0.2) is 13.4 Å². The summed E-state index contributed by atoms with van der Waals surface area (Å²) >= 11 is 5.78. The molecule has 2 aromatic rings. The highest BCUT2D eigenvalue weighted by atomic mass is 35.5. The molecule has 0 amide bonds. The summed E-state index contributed by atoms with van der Waals surface area (Å²) in [7, 11) is -3.65. The number of halogens is 1. The van der Waals surface area contributed by atoms with E-state index in [1.807, 2.05) is 6.92 Å². The van der Waals surface area contributed by atoms with Crippen LogP contribution >= 0.6 is 11.6 Å². The lowest BCUT2D eigenvalue weighted by molar-refractivity contribution is 0.601. The second-order valence-corrected chi connectivity index (χ2v) is 6.53. The Labute approximate surface area is 129 Å². The van der Waals surface area contributed by atoms with Crippen molar-refractivity contribution in [3.63, 3.8) is 0 Å². The van der Waals surface area contributed by atoms with E-state index < -0.39 is 10.0 Å². The molecule has 0 spiro atoms. The Bertz CT molecular complexity index is 702. The van der Waals surface area contributed by atoms with E-state index in [0.29, 0.717) is 16.5 Å². The summed E-state index contributed by atoms with van der Waals surface area (Å²) in [5.74, 6) is 0.538. The van der Waals surface area contributed by atoms with Gasteiger partial charge in [0.1, 0.15) is 5.82 Å². The molecule has 0 bridgehead atoms. The van der Waals surface area contributed by atoms with Crippen molar-refractivity contribution in [3.05, 3.63) is 47.6 Å². The van der Waals surface area contributed by atoms with Gasteiger partial charge in [-0.2, -0.15) is 0 Å². The van der Waals surface area contributed by atoms with Gasteiger partial charge in [-0.3, -0.25) is 4.72 Å². The van der Waals surface area contributed by atoms with E-state index in [2.05, 4.69) is 15.0 Å². The van der Waals surface area contributed by atoms with E-state index in [1.54, 1.807) is 24.3 Å². The average molecular weight is 326 g/mol. The molecule has 0 aliphatic carbocycles. The van der Waals surface area contributed by atoms with Crippen LogP contribution in [0.5, 0.6) is 0 Å². The molecule has 0 radical (unpaired) electrons. The van der Waals surface area contributed by atoms with Crippen LogP contribution in [-0.2, 0) is 10.0 Å². The van der Waals surface area contributed by atoms with Gasteiger partial charge in [0.15, 0.2) is 0 Å². The fourth-order valence-electron chi connectivity index (χ4n) is 1.66. The number of benzene rings is 1. The Balaban J connectivity index is 2.20. The largest absolute Gasteiger partial charge is 0.370 e. The van der Waals surface area contributed by atoms with Crippen LogP contribution in [0.3, 0.4) is 0 Å². The molecule has 1 aromatic carbocycles. The maximum atomic E-state index is 12.3. The first kappa shape index (κ1) is 15.6. The van der Waals surface area contributed by atoms with E-state index in [9.17, 15) is 8.42 Å². The topological polar surface area (TPSA) is 71.1 Å². The van der Waals surface area contributed by atoms with Crippen LogP contribution in [0.4, 0.5) is 11.5 Å². The number of nitrogens with zero attached hydrogens (tertiary/aromatic N) is 1. The van der Waals surface area contributed by atoms with Gasteiger partial charge in [0, 0.05) is 29.5 Å². The molecule has 21 heavy (non-hydrogen) atoms. The molecule has 0 saturated carbocycles. The van der Waals surface area contributed by atoms with Gasteiger partial charge in [0.2, 0.25) is 0 Å². The molecule has 0 fully saturated rings. The fraction of sp³-hybridized carbons (Fsp3) is 0.214. The summed E-state index contributed by atoms with van der Waals surface area (Å²) in [6.07, 6.45) is 2.40. The number of anilines is 2. The van der Waals surface area contributed by atoms with Crippen LogP contribution in [0.25, 0.3) is 0 Å². The highest BCUT2D eigenvalue weighted by molar-refractivity contribution is 7.92. The molecule has 0 unspecified atom stereocenters. The number of sulfonamides is 1. The van der Waals surface area contributed by atoms with E-state index in [1.165, 1.54) is 18.3 Å². The number of hydrogen-bond acceptors (Lipinski definition) is 4. The monoisotopic (exact) mass is 325 g/mol. The summed E-state index contributed by atoms with van der Waals surface area (Å²) in [5.41, 5.74) is 0.458. The van der Waals surface area contributed by atoms with Gasteiger partial charge in [-0.1, -0.05) is 18.5 Å². The van der Waals surface area contributed by atoms with Crippen molar-refractivity contribution in [1.29, 1.82) is 0 Å². The third kappa shape index (κ3) is 4.34. The van der Waals surface area contributed by atoms with Crippen molar-refractivity contribution >= 4 is 33.1 Å². The van der Waals surface area contributed by atoms with Crippen LogP contribution in [0.15, 0.2) is 47.5 Å².